The van der Waals surface area contributed by atoms with Crippen LogP contribution in [-0.2, 0) is 5.60 Å². The van der Waals surface area contributed by atoms with Gasteiger partial charge in [-0.15, -0.1) is 0 Å². The zero-order valence-electron chi connectivity index (χ0n) is 29.4. The lowest BCUT2D eigenvalue weighted by Crippen LogP contribution is -2.33. The number of aromatic nitrogens is 6. The van der Waals surface area contributed by atoms with Gasteiger partial charge in [-0.05, 0) is 103 Å². The quantitative estimate of drug-likeness (QED) is 0.142. The van der Waals surface area contributed by atoms with E-state index in [0.29, 0.717) is 66.1 Å². The number of anilines is 2. The molecule has 14 heteroatoms. The Labute approximate surface area is 289 Å². The number of hydrogen-bond acceptors (Lipinski definition) is 8. The van der Waals surface area contributed by atoms with Crippen molar-refractivity contribution in [1.29, 1.82) is 0 Å². The number of alkyl halides is 4. The van der Waals surface area contributed by atoms with Crippen LogP contribution in [0.25, 0.3) is 11.6 Å². The normalized spacial score (nSPS) is 18.9. The summed E-state index contributed by atoms with van der Waals surface area (Å²) >= 11 is 0. The van der Waals surface area contributed by atoms with Crippen molar-refractivity contribution >= 4 is 11.6 Å². The molecule has 270 valence electrons. The van der Waals surface area contributed by atoms with Crippen molar-refractivity contribution in [3.05, 3.63) is 64.6 Å². The molecule has 0 aromatic carbocycles. The Bertz CT molecular complexity index is 1820. The first-order valence-electron chi connectivity index (χ1n) is 17.3. The number of hydrogen-bond donors (Lipinski definition) is 3. The van der Waals surface area contributed by atoms with E-state index in [4.69, 9.17) is 14.7 Å². The fraction of sp³-hybridized carbons (Fsp3) is 0.556. The van der Waals surface area contributed by atoms with Gasteiger partial charge in [-0.3, -0.25) is 0 Å². The number of pyridine rings is 2. The van der Waals surface area contributed by atoms with Gasteiger partial charge in [0.15, 0.2) is 11.6 Å². The molecule has 0 aliphatic heterocycles. The van der Waals surface area contributed by atoms with E-state index < -0.39 is 23.6 Å². The molecular weight excluding hydrogens is 652 g/mol. The van der Waals surface area contributed by atoms with Crippen LogP contribution in [-0.4, -0.2) is 58.6 Å². The third-order valence-electron chi connectivity index (χ3n) is 9.56. The Kier molecular flexibility index (Phi) is 9.61. The molecule has 2 aliphatic carbocycles. The number of aliphatic hydroxyl groups is 1. The Hall–Kier alpha value is -4.20. The van der Waals surface area contributed by atoms with Gasteiger partial charge in [0.05, 0.1) is 17.5 Å². The van der Waals surface area contributed by atoms with E-state index in [1.807, 2.05) is 52.8 Å². The van der Waals surface area contributed by atoms with Gasteiger partial charge >= 0.3 is 0 Å². The summed E-state index contributed by atoms with van der Waals surface area (Å²) in [4.78, 5) is 9.61. The zero-order chi connectivity index (χ0) is 36.0. The molecule has 3 N–H and O–H groups in total. The minimum absolute atomic E-state index is 0.154. The summed E-state index contributed by atoms with van der Waals surface area (Å²) in [7, 11) is 0. The topological polar surface area (TPSA) is 115 Å². The molecule has 0 radical (unpaired) electrons. The van der Waals surface area contributed by atoms with Crippen LogP contribution in [0.3, 0.4) is 0 Å². The fourth-order valence-corrected chi connectivity index (χ4v) is 6.69. The van der Waals surface area contributed by atoms with Crippen LogP contribution in [0.1, 0.15) is 106 Å². The van der Waals surface area contributed by atoms with Crippen LogP contribution < -0.4 is 15.4 Å². The van der Waals surface area contributed by atoms with E-state index in [0.717, 1.165) is 17.0 Å². The molecular formula is C36H46F4N8O2. The smallest absolute Gasteiger partial charge is 0.248 e. The first-order valence-corrected chi connectivity index (χ1v) is 17.3. The summed E-state index contributed by atoms with van der Waals surface area (Å²) in [6.45, 7) is 11.1. The molecule has 6 rings (SSSR count). The van der Waals surface area contributed by atoms with E-state index in [2.05, 4.69) is 20.8 Å². The second-order valence-corrected chi connectivity index (χ2v) is 14.5. The van der Waals surface area contributed by atoms with Crippen LogP contribution in [0, 0.1) is 20.8 Å². The highest BCUT2D eigenvalue weighted by molar-refractivity contribution is 5.49. The van der Waals surface area contributed by atoms with Crippen LogP contribution in [0.2, 0.25) is 0 Å². The van der Waals surface area contributed by atoms with Crippen molar-refractivity contribution in [2.75, 3.05) is 10.6 Å². The third-order valence-corrected chi connectivity index (χ3v) is 9.56. The SMILES string of the molecule is Cc1cc(C)n(-c2cc(C(C)(C)Oc3cc(C)nn3-c3cc(C(C)O)cc(NC4CCC(F)(F)CC4)n3)cc(NC3CCC(F)(F)CC3)n2)n1. The Morgan fingerprint density at radius 1 is 0.760 bits per heavy atom. The van der Waals surface area contributed by atoms with Crippen LogP contribution in [0.15, 0.2) is 36.4 Å². The maximum Gasteiger partial charge on any atom is 0.248 e. The molecule has 10 nitrogen and oxygen atoms in total. The second-order valence-electron chi connectivity index (χ2n) is 14.5. The van der Waals surface area contributed by atoms with Crippen molar-refractivity contribution < 1.29 is 27.4 Å². The van der Waals surface area contributed by atoms with Gasteiger partial charge in [-0.2, -0.15) is 14.9 Å². The third kappa shape index (κ3) is 8.22. The fourth-order valence-electron chi connectivity index (χ4n) is 6.69. The van der Waals surface area contributed by atoms with Crippen LogP contribution in [0.4, 0.5) is 29.2 Å². The van der Waals surface area contributed by atoms with Crippen molar-refractivity contribution in [3.63, 3.8) is 0 Å². The Morgan fingerprint density at radius 3 is 1.78 bits per heavy atom. The highest BCUT2D eigenvalue weighted by atomic mass is 19.3. The van der Waals surface area contributed by atoms with Gasteiger partial charge in [-0.1, -0.05) is 0 Å². The molecule has 0 bridgehead atoms. The van der Waals surface area contributed by atoms with Gasteiger partial charge in [0, 0.05) is 55.1 Å². The molecule has 2 fully saturated rings. The molecule has 4 aromatic rings. The molecule has 0 saturated heterocycles. The average Bonchev–Trinajstić information content (AvgIpc) is 3.58. The molecule has 1 unspecified atom stereocenters. The van der Waals surface area contributed by atoms with Crippen molar-refractivity contribution in [2.24, 2.45) is 0 Å². The minimum atomic E-state index is -2.65. The molecule has 4 aromatic heterocycles. The van der Waals surface area contributed by atoms with Crippen molar-refractivity contribution in [1.82, 2.24) is 29.5 Å². The summed E-state index contributed by atoms with van der Waals surface area (Å²) in [6.07, 6.45) is -0.285. The summed E-state index contributed by atoms with van der Waals surface area (Å²) in [5, 5.41) is 26.5. The monoisotopic (exact) mass is 698 g/mol. The maximum atomic E-state index is 13.9. The van der Waals surface area contributed by atoms with E-state index in [1.54, 1.807) is 34.5 Å². The molecule has 50 heavy (non-hydrogen) atoms. The number of rotatable bonds is 10. The number of ether oxygens (including phenoxy) is 1. The largest absolute Gasteiger partial charge is 0.467 e. The highest BCUT2D eigenvalue weighted by Crippen LogP contribution is 2.37. The highest BCUT2D eigenvalue weighted by Gasteiger charge is 2.36. The number of nitrogens with zero attached hydrogens (tertiary/aromatic N) is 6. The molecule has 1 atom stereocenters. The Morgan fingerprint density at radius 2 is 1.26 bits per heavy atom. The van der Waals surface area contributed by atoms with Crippen molar-refractivity contribution in [2.45, 2.75) is 129 Å². The summed E-state index contributed by atoms with van der Waals surface area (Å²) in [5.41, 5.74) is 2.75. The number of aliphatic hydroxyl groups excluding tert-OH is 1. The van der Waals surface area contributed by atoms with Crippen molar-refractivity contribution in [3.8, 4) is 17.5 Å². The van der Waals surface area contributed by atoms with Gasteiger partial charge in [0.1, 0.15) is 17.2 Å². The summed E-state index contributed by atoms with van der Waals surface area (Å²) in [6, 6.07) is 10.6. The van der Waals surface area contributed by atoms with E-state index in [1.165, 1.54) is 0 Å². The van der Waals surface area contributed by atoms with Crippen LogP contribution >= 0.6 is 0 Å². The van der Waals surface area contributed by atoms with E-state index in [9.17, 15) is 22.7 Å². The van der Waals surface area contributed by atoms with E-state index >= 15 is 0 Å². The summed E-state index contributed by atoms with van der Waals surface area (Å²) < 4.78 is 65.5. The van der Waals surface area contributed by atoms with Gasteiger partial charge in [0.25, 0.3) is 0 Å². The van der Waals surface area contributed by atoms with Crippen LogP contribution in [0.5, 0.6) is 5.88 Å². The predicted molar refractivity (Wildman–Crippen MR) is 183 cm³/mol. The first kappa shape index (κ1) is 35.6. The molecule has 2 saturated carbocycles. The molecule has 4 heterocycles. The maximum absolute atomic E-state index is 13.9. The molecule has 2 aliphatic rings. The lowest BCUT2D eigenvalue weighted by molar-refractivity contribution is -0.0366. The summed E-state index contributed by atoms with van der Waals surface area (Å²) in [5.74, 6) is -2.98. The lowest BCUT2D eigenvalue weighted by Gasteiger charge is -2.31. The average molecular weight is 699 g/mol. The van der Waals surface area contributed by atoms with Gasteiger partial charge < -0.3 is 20.5 Å². The zero-order valence-corrected chi connectivity index (χ0v) is 29.4. The standard InChI is InChI=1S/C36H46F4N8O2/c1-21-15-23(3)47(45-21)32-20-26(19-30(44-32)42-28-9-13-36(39,40)14-10-28)34(5,6)50-33-16-22(2)46-48(33)31-18-25(24(4)49)17-29(43-31)41-27-7-11-35(37,38)12-8-27/h15-20,24,27-28,49H,7-14H2,1-6H3,(H,41,43)(H,42,44). The predicted octanol–water partition coefficient (Wildman–Crippen LogP) is 8.12. The second kappa shape index (κ2) is 13.5. The Balaban J connectivity index is 1.32. The lowest BCUT2D eigenvalue weighted by atomic mass is 9.92. The minimum Gasteiger partial charge on any atom is -0.467 e. The number of aryl methyl sites for hydroxylation is 3. The first-order chi connectivity index (χ1) is 23.4. The van der Waals surface area contributed by atoms with Gasteiger partial charge in [-0.25, -0.2) is 32.2 Å². The molecule has 0 spiro atoms. The molecule has 0 amide bonds. The van der Waals surface area contributed by atoms with E-state index in [-0.39, 0.29) is 37.8 Å². The number of halogens is 4. The van der Waals surface area contributed by atoms with Gasteiger partial charge in [0.2, 0.25) is 17.7 Å². The number of nitrogens with one attached hydrogen (secondary N) is 2.